The van der Waals surface area contributed by atoms with Gasteiger partial charge in [0.2, 0.25) is 0 Å². The zero-order valence-electron chi connectivity index (χ0n) is 12.3. The molecule has 21 heavy (non-hydrogen) atoms. The van der Waals surface area contributed by atoms with Crippen molar-refractivity contribution in [2.45, 2.75) is 37.8 Å². The number of rotatable bonds is 6. The summed E-state index contributed by atoms with van der Waals surface area (Å²) in [5, 5.41) is 10.3. The lowest BCUT2D eigenvalue weighted by Crippen LogP contribution is -2.40. The van der Waals surface area contributed by atoms with Crippen LogP contribution in [0.1, 0.15) is 37.4 Å². The van der Waals surface area contributed by atoms with Crippen LogP contribution in [-0.2, 0) is 9.53 Å². The van der Waals surface area contributed by atoms with Gasteiger partial charge in [0, 0.05) is 18.2 Å². The van der Waals surface area contributed by atoms with Crippen molar-refractivity contribution in [1.82, 2.24) is 4.90 Å². The molecule has 4 nitrogen and oxygen atoms in total. The first-order valence-corrected chi connectivity index (χ1v) is 7.35. The lowest BCUT2D eigenvalue weighted by Gasteiger charge is -2.29. The number of aliphatic hydroxyl groups excluding tert-OH is 1. The van der Waals surface area contributed by atoms with E-state index in [1.165, 1.54) is 13.2 Å². The molecule has 1 atom stereocenters. The topological polar surface area (TPSA) is 49.8 Å². The largest absolute Gasteiger partial charge is 0.468 e. The number of carbonyl (C=O) groups is 1. The van der Waals surface area contributed by atoms with Gasteiger partial charge in [0.25, 0.3) is 0 Å². The first-order valence-electron chi connectivity index (χ1n) is 7.35. The average Bonchev–Trinajstić information content (AvgIpc) is 3.01. The summed E-state index contributed by atoms with van der Waals surface area (Å²) >= 11 is 0. The first-order chi connectivity index (χ1) is 10.1. The van der Waals surface area contributed by atoms with E-state index in [-0.39, 0.29) is 30.7 Å². The number of methoxy groups -OCH3 is 1. The van der Waals surface area contributed by atoms with E-state index < -0.39 is 11.9 Å². The number of benzene rings is 1. The highest BCUT2D eigenvalue weighted by Crippen LogP contribution is 2.26. The second kappa shape index (κ2) is 7.52. The summed E-state index contributed by atoms with van der Waals surface area (Å²) in [6, 6.07) is 6.45. The second-order valence-electron chi connectivity index (χ2n) is 5.48. The van der Waals surface area contributed by atoms with Crippen molar-refractivity contribution in [3.8, 4) is 0 Å². The molecular formula is C16H22FNO3. The first kappa shape index (κ1) is 15.9. The molecule has 2 rings (SSSR count). The van der Waals surface area contributed by atoms with Crippen LogP contribution in [0.2, 0.25) is 0 Å². The zero-order chi connectivity index (χ0) is 15.2. The van der Waals surface area contributed by atoms with Gasteiger partial charge in [0.15, 0.2) is 0 Å². The Morgan fingerprint density at radius 1 is 1.43 bits per heavy atom. The molecule has 1 fully saturated rings. The summed E-state index contributed by atoms with van der Waals surface area (Å²) in [6.07, 6.45) is 3.30. The minimum atomic E-state index is -0.948. The summed E-state index contributed by atoms with van der Waals surface area (Å²) in [5.74, 6) is -0.753. The molecule has 0 bridgehead atoms. The number of esters is 1. The Morgan fingerprint density at radius 2 is 2.10 bits per heavy atom. The fourth-order valence-corrected chi connectivity index (χ4v) is 2.91. The summed E-state index contributed by atoms with van der Waals surface area (Å²) in [5.41, 5.74) is 0.269. The van der Waals surface area contributed by atoms with Crippen LogP contribution in [0.4, 0.5) is 4.39 Å². The Kier molecular flexibility index (Phi) is 5.70. The third-order valence-electron chi connectivity index (χ3n) is 4.07. The lowest BCUT2D eigenvalue weighted by atomic mass is 10.1. The standard InChI is InChI=1S/C16H22FNO3/c1-21-16(20)11-18(12-6-2-3-7-12)10-15(19)13-8-4-5-9-14(13)17/h4-5,8-9,12,15,19H,2-3,6-7,10-11H2,1H3. The summed E-state index contributed by atoms with van der Waals surface area (Å²) in [7, 11) is 1.35. The molecule has 0 radical (unpaired) electrons. The summed E-state index contributed by atoms with van der Waals surface area (Å²) < 4.78 is 18.4. The molecule has 0 spiro atoms. The Balaban J connectivity index is 2.06. The van der Waals surface area contributed by atoms with Crippen molar-refractivity contribution in [2.75, 3.05) is 20.2 Å². The predicted molar refractivity (Wildman–Crippen MR) is 77.2 cm³/mol. The normalized spacial score (nSPS) is 17.1. The van der Waals surface area contributed by atoms with Crippen LogP contribution < -0.4 is 0 Å². The van der Waals surface area contributed by atoms with E-state index in [0.29, 0.717) is 0 Å². The Morgan fingerprint density at radius 3 is 2.71 bits per heavy atom. The van der Waals surface area contributed by atoms with Gasteiger partial charge in [-0.05, 0) is 18.9 Å². The predicted octanol–water partition coefficient (Wildman–Crippen LogP) is 2.28. The molecule has 1 saturated carbocycles. The number of carbonyl (C=O) groups excluding carboxylic acids is 1. The maximum absolute atomic E-state index is 13.7. The van der Waals surface area contributed by atoms with Crippen LogP contribution in [-0.4, -0.2) is 42.2 Å². The highest BCUT2D eigenvalue weighted by molar-refractivity contribution is 5.71. The van der Waals surface area contributed by atoms with E-state index in [2.05, 4.69) is 0 Å². The van der Waals surface area contributed by atoms with Crippen molar-refractivity contribution in [2.24, 2.45) is 0 Å². The van der Waals surface area contributed by atoms with Gasteiger partial charge in [-0.2, -0.15) is 0 Å². The molecule has 1 unspecified atom stereocenters. The van der Waals surface area contributed by atoms with E-state index >= 15 is 0 Å². The molecule has 1 N–H and O–H groups in total. The Hall–Kier alpha value is -1.46. The van der Waals surface area contributed by atoms with E-state index in [0.717, 1.165) is 25.7 Å². The lowest BCUT2D eigenvalue weighted by molar-refractivity contribution is -0.142. The molecule has 0 saturated heterocycles. The van der Waals surface area contributed by atoms with Crippen molar-refractivity contribution >= 4 is 5.97 Å². The van der Waals surface area contributed by atoms with Gasteiger partial charge in [-0.25, -0.2) is 4.39 Å². The van der Waals surface area contributed by atoms with Crippen molar-refractivity contribution in [3.05, 3.63) is 35.6 Å². The fourth-order valence-electron chi connectivity index (χ4n) is 2.91. The minimum Gasteiger partial charge on any atom is -0.468 e. The number of nitrogens with zero attached hydrogens (tertiary/aromatic N) is 1. The third-order valence-corrected chi connectivity index (χ3v) is 4.07. The molecule has 1 aliphatic rings. The van der Waals surface area contributed by atoms with Crippen molar-refractivity contribution in [3.63, 3.8) is 0 Å². The number of halogens is 1. The van der Waals surface area contributed by atoms with Gasteiger partial charge in [0.05, 0.1) is 19.8 Å². The molecule has 1 aromatic carbocycles. The average molecular weight is 295 g/mol. The van der Waals surface area contributed by atoms with Gasteiger partial charge in [-0.1, -0.05) is 31.0 Å². The van der Waals surface area contributed by atoms with Gasteiger partial charge < -0.3 is 9.84 Å². The van der Waals surface area contributed by atoms with E-state index in [9.17, 15) is 14.3 Å². The third kappa shape index (κ3) is 4.25. The fraction of sp³-hybridized carbons (Fsp3) is 0.562. The molecule has 1 aliphatic carbocycles. The highest BCUT2D eigenvalue weighted by atomic mass is 19.1. The molecule has 0 amide bonds. The molecular weight excluding hydrogens is 273 g/mol. The Bertz CT molecular complexity index is 474. The number of ether oxygens (including phenoxy) is 1. The summed E-state index contributed by atoms with van der Waals surface area (Å²) in [4.78, 5) is 13.5. The zero-order valence-corrected chi connectivity index (χ0v) is 12.3. The van der Waals surface area contributed by atoms with E-state index in [1.54, 1.807) is 18.2 Å². The number of hydrogen-bond acceptors (Lipinski definition) is 4. The van der Waals surface area contributed by atoms with Crippen molar-refractivity contribution < 1.29 is 19.0 Å². The van der Waals surface area contributed by atoms with Gasteiger partial charge in [0.1, 0.15) is 5.82 Å². The van der Waals surface area contributed by atoms with E-state index in [1.807, 2.05) is 4.90 Å². The monoisotopic (exact) mass is 295 g/mol. The van der Waals surface area contributed by atoms with Gasteiger partial charge >= 0.3 is 5.97 Å². The SMILES string of the molecule is COC(=O)CN(CC(O)c1ccccc1F)C1CCCC1. The number of hydrogen-bond donors (Lipinski definition) is 1. The summed E-state index contributed by atoms with van der Waals surface area (Å²) in [6.45, 7) is 0.368. The maximum Gasteiger partial charge on any atom is 0.319 e. The van der Waals surface area contributed by atoms with Crippen molar-refractivity contribution in [1.29, 1.82) is 0 Å². The van der Waals surface area contributed by atoms with Gasteiger partial charge in [-0.3, -0.25) is 9.69 Å². The van der Waals surface area contributed by atoms with Crippen LogP contribution >= 0.6 is 0 Å². The highest BCUT2D eigenvalue weighted by Gasteiger charge is 2.27. The molecule has 116 valence electrons. The van der Waals surface area contributed by atoms with Gasteiger partial charge in [-0.15, -0.1) is 0 Å². The van der Waals surface area contributed by atoms with Crippen LogP contribution in [0.25, 0.3) is 0 Å². The van der Waals surface area contributed by atoms with Crippen LogP contribution in [0.3, 0.4) is 0 Å². The molecule has 5 heteroatoms. The quantitative estimate of drug-likeness (QED) is 0.818. The molecule has 1 aromatic rings. The molecule has 0 aromatic heterocycles. The second-order valence-corrected chi connectivity index (χ2v) is 5.48. The minimum absolute atomic E-state index is 0.132. The maximum atomic E-state index is 13.7. The molecule has 0 heterocycles. The number of aliphatic hydroxyl groups is 1. The van der Waals surface area contributed by atoms with Crippen LogP contribution in [0.15, 0.2) is 24.3 Å². The van der Waals surface area contributed by atoms with Crippen LogP contribution in [0.5, 0.6) is 0 Å². The smallest absolute Gasteiger partial charge is 0.319 e. The van der Waals surface area contributed by atoms with E-state index in [4.69, 9.17) is 4.74 Å². The van der Waals surface area contributed by atoms with Crippen LogP contribution in [0, 0.1) is 5.82 Å². The Labute approximate surface area is 124 Å². The molecule has 0 aliphatic heterocycles.